The van der Waals surface area contributed by atoms with Crippen molar-refractivity contribution in [3.05, 3.63) is 57.6 Å². The van der Waals surface area contributed by atoms with Crippen molar-refractivity contribution in [1.29, 1.82) is 0 Å². The van der Waals surface area contributed by atoms with Gasteiger partial charge in [0.25, 0.3) is 0 Å². The molecule has 0 radical (unpaired) electrons. The van der Waals surface area contributed by atoms with Gasteiger partial charge in [-0.3, -0.25) is 0 Å². The van der Waals surface area contributed by atoms with Crippen LogP contribution in [-0.2, 0) is 0 Å². The van der Waals surface area contributed by atoms with Crippen molar-refractivity contribution >= 4 is 23.2 Å². The summed E-state index contributed by atoms with van der Waals surface area (Å²) in [6.45, 7) is 3.99. The van der Waals surface area contributed by atoms with Gasteiger partial charge in [-0.1, -0.05) is 53.0 Å². The molecule has 2 heteroatoms. The van der Waals surface area contributed by atoms with Gasteiger partial charge in [0.1, 0.15) is 0 Å². The zero-order valence-electron chi connectivity index (χ0n) is 9.22. The fourth-order valence-corrected chi connectivity index (χ4v) is 2.05. The van der Waals surface area contributed by atoms with Gasteiger partial charge in [0, 0.05) is 10.0 Å². The Labute approximate surface area is 106 Å². The lowest BCUT2D eigenvalue weighted by molar-refractivity contribution is 1.44. The topological polar surface area (TPSA) is 0 Å². The number of hydrogen-bond donors (Lipinski definition) is 0. The molecular weight excluding hydrogens is 239 g/mol. The van der Waals surface area contributed by atoms with Gasteiger partial charge >= 0.3 is 0 Å². The number of aryl methyl sites for hydroxylation is 1. The first kappa shape index (κ1) is 11.5. The van der Waals surface area contributed by atoms with Crippen LogP contribution in [0.4, 0.5) is 0 Å². The van der Waals surface area contributed by atoms with Gasteiger partial charge in [-0.2, -0.15) is 0 Å². The van der Waals surface area contributed by atoms with Gasteiger partial charge in [-0.05, 0) is 42.7 Å². The van der Waals surface area contributed by atoms with Crippen molar-refractivity contribution in [1.82, 2.24) is 0 Å². The van der Waals surface area contributed by atoms with Crippen molar-refractivity contribution in [2.45, 2.75) is 13.8 Å². The molecule has 0 saturated carbocycles. The van der Waals surface area contributed by atoms with E-state index in [0.29, 0.717) is 10.0 Å². The minimum atomic E-state index is 0.711. The first-order valence-corrected chi connectivity index (χ1v) is 5.86. The molecule has 0 N–H and O–H groups in total. The highest BCUT2D eigenvalue weighted by atomic mass is 35.5. The maximum Gasteiger partial charge on any atom is 0.0456 e. The van der Waals surface area contributed by atoms with Crippen molar-refractivity contribution in [2.75, 3.05) is 0 Å². The number of rotatable bonds is 1. The summed E-state index contributed by atoms with van der Waals surface area (Å²) in [5.41, 5.74) is 4.36. The molecule has 0 nitrogen and oxygen atoms in total. The predicted molar refractivity (Wildman–Crippen MR) is 71.4 cm³/mol. The highest BCUT2D eigenvalue weighted by Crippen LogP contribution is 2.31. The Balaban J connectivity index is 2.52. The Hall–Kier alpha value is -0.980. The molecular formula is C14H12Cl2. The molecule has 0 fully saturated rings. The van der Waals surface area contributed by atoms with Crippen LogP contribution in [-0.4, -0.2) is 0 Å². The van der Waals surface area contributed by atoms with Crippen LogP contribution in [0.3, 0.4) is 0 Å². The Morgan fingerprint density at radius 1 is 0.750 bits per heavy atom. The maximum atomic E-state index is 6.12. The van der Waals surface area contributed by atoms with Crippen LogP contribution in [0.2, 0.25) is 10.0 Å². The molecule has 2 rings (SSSR count). The average Bonchev–Trinajstić information content (AvgIpc) is 2.26. The quantitative estimate of drug-likeness (QED) is 0.647. The smallest absolute Gasteiger partial charge is 0.0456 e. The summed E-state index contributed by atoms with van der Waals surface area (Å²) in [4.78, 5) is 0. The van der Waals surface area contributed by atoms with Gasteiger partial charge < -0.3 is 0 Å². The van der Waals surface area contributed by atoms with Crippen LogP contribution in [0.5, 0.6) is 0 Å². The zero-order chi connectivity index (χ0) is 11.7. The fourth-order valence-electron chi connectivity index (χ4n) is 1.56. The molecule has 0 aromatic heterocycles. The van der Waals surface area contributed by atoms with Gasteiger partial charge in [-0.15, -0.1) is 0 Å². The second-order valence-corrected chi connectivity index (χ2v) is 4.75. The Bertz CT molecular complexity index is 490. The van der Waals surface area contributed by atoms with Crippen LogP contribution in [0.25, 0.3) is 11.1 Å². The molecule has 0 aliphatic heterocycles. The number of halogens is 2. The first-order valence-electron chi connectivity index (χ1n) is 5.10. The lowest BCUT2D eigenvalue weighted by Crippen LogP contribution is -1.83. The largest absolute Gasteiger partial charge is 0.0840 e. The molecule has 0 amide bonds. The van der Waals surface area contributed by atoms with Crippen molar-refractivity contribution in [3.8, 4) is 11.1 Å². The van der Waals surface area contributed by atoms with E-state index in [4.69, 9.17) is 23.2 Å². The molecule has 2 aromatic rings. The van der Waals surface area contributed by atoms with Crippen molar-refractivity contribution < 1.29 is 0 Å². The molecule has 0 aliphatic rings. The number of benzene rings is 2. The van der Waals surface area contributed by atoms with E-state index in [9.17, 15) is 0 Å². The summed E-state index contributed by atoms with van der Waals surface area (Å²) >= 11 is 12.2. The molecule has 0 bridgehead atoms. The number of hydrogen-bond acceptors (Lipinski definition) is 0. The summed E-state index contributed by atoms with van der Waals surface area (Å²) in [7, 11) is 0. The van der Waals surface area contributed by atoms with E-state index in [0.717, 1.165) is 16.7 Å². The predicted octanol–water partition coefficient (Wildman–Crippen LogP) is 5.28. The Morgan fingerprint density at radius 3 is 1.75 bits per heavy atom. The van der Waals surface area contributed by atoms with Crippen LogP contribution in [0, 0.1) is 13.8 Å². The third-order valence-corrected chi connectivity index (χ3v) is 3.45. The van der Waals surface area contributed by atoms with Crippen LogP contribution in [0.1, 0.15) is 11.1 Å². The monoisotopic (exact) mass is 250 g/mol. The standard InChI is InChI=1S/C14H12Cl2/c1-9-3-5-11(6-4-9)12-7-13(15)10(2)14(16)8-12/h3-8H,1-2H3. The molecule has 0 heterocycles. The molecule has 0 saturated heterocycles. The lowest BCUT2D eigenvalue weighted by Gasteiger charge is -2.07. The lowest BCUT2D eigenvalue weighted by atomic mass is 10.0. The summed E-state index contributed by atoms with van der Waals surface area (Å²) in [6.07, 6.45) is 0. The molecule has 2 aromatic carbocycles. The summed E-state index contributed by atoms with van der Waals surface area (Å²) in [5.74, 6) is 0. The van der Waals surface area contributed by atoms with Gasteiger partial charge in [-0.25, -0.2) is 0 Å². The maximum absolute atomic E-state index is 6.12. The zero-order valence-corrected chi connectivity index (χ0v) is 10.7. The molecule has 0 aliphatic carbocycles. The van der Waals surface area contributed by atoms with Crippen LogP contribution < -0.4 is 0 Å². The van der Waals surface area contributed by atoms with Crippen molar-refractivity contribution in [3.63, 3.8) is 0 Å². The summed E-state index contributed by atoms with van der Waals surface area (Å²) < 4.78 is 0. The highest BCUT2D eigenvalue weighted by molar-refractivity contribution is 6.36. The van der Waals surface area contributed by atoms with E-state index >= 15 is 0 Å². The normalized spacial score (nSPS) is 10.5. The fraction of sp³-hybridized carbons (Fsp3) is 0.143. The van der Waals surface area contributed by atoms with Gasteiger partial charge in [0.15, 0.2) is 0 Å². The molecule has 0 atom stereocenters. The highest BCUT2D eigenvalue weighted by Gasteiger charge is 2.05. The second-order valence-electron chi connectivity index (χ2n) is 3.93. The first-order chi connectivity index (χ1) is 7.58. The van der Waals surface area contributed by atoms with E-state index in [1.54, 1.807) is 0 Å². The van der Waals surface area contributed by atoms with Crippen molar-refractivity contribution in [2.24, 2.45) is 0 Å². The van der Waals surface area contributed by atoms with E-state index in [-0.39, 0.29) is 0 Å². The van der Waals surface area contributed by atoms with Crippen LogP contribution >= 0.6 is 23.2 Å². The SMILES string of the molecule is Cc1ccc(-c2cc(Cl)c(C)c(Cl)c2)cc1. The third kappa shape index (κ3) is 2.23. The summed E-state index contributed by atoms with van der Waals surface area (Å²) in [5, 5.41) is 1.42. The van der Waals surface area contributed by atoms with Gasteiger partial charge in [0.2, 0.25) is 0 Å². The van der Waals surface area contributed by atoms with Gasteiger partial charge in [0.05, 0.1) is 0 Å². The molecule has 0 spiro atoms. The Morgan fingerprint density at radius 2 is 1.25 bits per heavy atom. The second kappa shape index (κ2) is 4.48. The molecule has 82 valence electrons. The van der Waals surface area contributed by atoms with E-state index < -0.39 is 0 Å². The third-order valence-electron chi connectivity index (χ3n) is 2.67. The molecule has 16 heavy (non-hydrogen) atoms. The summed E-state index contributed by atoms with van der Waals surface area (Å²) in [6, 6.07) is 12.2. The minimum Gasteiger partial charge on any atom is -0.0840 e. The van der Waals surface area contributed by atoms with E-state index in [2.05, 4.69) is 31.2 Å². The molecule has 0 unspecified atom stereocenters. The van der Waals surface area contributed by atoms with E-state index in [1.165, 1.54) is 5.56 Å². The minimum absolute atomic E-state index is 0.711. The van der Waals surface area contributed by atoms with Crippen LogP contribution in [0.15, 0.2) is 36.4 Å². The average molecular weight is 251 g/mol. The Kier molecular flexibility index (Phi) is 3.22. The van der Waals surface area contributed by atoms with E-state index in [1.807, 2.05) is 19.1 Å².